The Kier molecular flexibility index (Phi) is 3.87. The Hall–Kier alpha value is -1.11. The van der Waals surface area contributed by atoms with Crippen molar-refractivity contribution in [1.82, 2.24) is 0 Å². The van der Waals surface area contributed by atoms with Gasteiger partial charge in [-0.05, 0) is 24.0 Å². The lowest BCUT2D eigenvalue weighted by Gasteiger charge is -2.07. The van der Waals surface area contributed by atoms with Gasteiger partial charge in [-0.25, -0.2) is 0 Å². The summed E-state index contributed by atoms with van der Waals surface area (Å²) in [6, 6.07) is 6.19. The van der Waals surface area contributed by atoms with Crippen LogP contribution in [0.2, 0.25) is 0 Å². The molecule has 14 heavy (non-hydrogen) atoms. The summed E-state index contributed by atoms with van der Waals surface area (Å²) >= 11 is 0. The molecule has 1 nitrogen and oxygen atoms in total. The Balaban J connectivity index is 3.11. The molecule has 0 fully saturated rings. The van der Waals surface area contributed by atoms with E-state index in [1.807, 2.05) is 13.0 Å². The second-order valence-corrected chi connectivity index (χ2v) is 3.48. The number of ketones is 1. The molecule has 0 heterocycles. The molecule has 0 saturated carbocycles. The molecule has 1 aromatic rings. The predicted octanol–water partition coefficient (Wildman–Crippen LogP) is 3.40. The topological polar surface area (TPSA) is 17.1 Å². The SMILES string of the molecule is CCC(=O)c1ccc(CC)cc1CC. The van der Waals surface area contributed by atoms with Gasteiger partial charge in [0.2, 0.25) is 0 Å². The maximum absolute atomic E-state index is 11.6. The fraction of sp³-hybridized carbons (Fsp3) is 0.462. The van der Waals surface area contributed by atoms with Gasteiger partial charge in [-0.15, -0.1) is 0 Å². The smallest absolute Gasteiger partial charge is 0.162 e. The highest BCUT2D eigenvalue weighted by Gasteiger charge is 2.08. The fourth-order valence-corrected chi connectivity index (χ4v) is 1.62. The van der Waals surface area contributed by atoms with Crippen LogP contribution in [0.5, 0.6) is 0 Å². The molecule has 0 atom stereocenters. The highest BCUT2D eigenvalue weighted by atomic mass is 16.1. The zero-order valence-electron chi connectivity index (χ0n) is 9.26. The number of rotatable bonds is 4. The molecule has 1 aromatic carbocycles. The first-order valence-corrected chi connectivity index (χ1v) is 5.37. The number of hydrogen-bond acceptors (Lipinski definition) is 1. The van der Waals surface area contributed by atoms with E-state index in [0.717, 1.165) is 18.4 Å². The van der Waals surface area contributed by atoms with Gasteiger partial charge < -0.3 is 0 Å². The van der Waals surface area contributed by atoms with Crippen LogP contribution in [0.1, 0.15) is 48.7 Å². The molecule has 0 unspecified atom stereocenters. The van der Waals surface area contributed by atoms with Crippen molar-refractivity contribution in [3.8, 4) is 0 Å². The molecule has 1 rings (SSSR count). The van der Waals surface area contributed by atoms with Crippen molar-refractivity contribution in [3.05, 3.63) is 34.9 Å². The van der Waals surface area contributed by atoms with Crippen LogP contribution in [0.3, 0.4) is 0 Å². The van der Waals surface area contributed by atoms with E-state index >= 15 is 0 Å². The number of benzene rings is 1. The number of Topliss-reactive ketones (excluding diaryl/α,β-unsaturated/α-hetero) is 1. The van der Waals surface area contributed by atoms with E-state index in [2.05, 4.69) is 26.0 Å². The van der Waals surface area contributed by atoms with Crippen molar-refractivity contribution in [2.75, 3.05) is 0 Å². The van der Waals surface area contributed by atoms with Gasteiger partial charge in [-0.3, -0.25) is 4.79 Å². The third-order valence-electron chi connectivity index (χ3n) is 2.58. The zero-order valence-corrected chi connectivity index (χ0v) is 9.26. The van der Waals surface area contributed by atoms with Crippen LogP contribution < -0.4 is 0 Å². The lowest BCUT2D eigenvalue weighted by Crippen LogP contribution is -2.02. The molecule has 0 aromatic heterocycles. The number of hydrogen-bond donors (Lipinski definition) is 0. The second kappa shape index (κ2) is 4.94. The highest BCUT2D eigenvalue weighted by Crippen LogP contribution is 2.15. The van der Waals surface area contributed by atoms with Crippen molar-refractivity contribution < 1.29 is 4.79 Å². The first-order chi connectivity index (χ1) is 6.72. The highest BCUT2D eigenvalue weighted by molar-refractivity contribution is 5.97. The molecule has 0 aliphatic rings. The maximum atomic E-state index is 11.6. The van der Waals surface area contributed by atoms with Crippen LogP contribution >= 0.6 is 0 Å². The first kappa shape index (κ1) is 11.0. The van der Waals surface area contributed by atoms with Crippen LogP contribution in [0.15, 0.2) is 18.2 Å². The minimum Gasteiger partial charge on any atom is -0.294 e. The lowest BCUT2D eigenvalue weighted by atomic mass is 9.97. The molecule has 0 amide bonds. The molecule has 0 spiro atoms. The van der Waals surface area contributed by atoms with E-state index in [0.29, 0.717) is 6.42 Å². The number of aryl methyl sites for hydroxylation is 2. The minimum atomic E-state index is 0.254. The van der Waals surface area contributed by atoms with Gasteiger partial charge in [0.1, 0.15) is 0 Å². The van der Waals surface area contributed by atoms with Crippen molar-refractivity contribution in [3.63, 3.8) is 0 Å². The van der Waals surface area contributed by atoms with Crippen LogP contribution in [0.4, 0.5) is 0 Å². The zero-order chi connectivity index (χ0) is 10.6. The largest absolute Gasteiger partial charge is 0.294 e. The molecule has 0 bridgehead atoms. The molecule has 0 saturated heterocycles. The van der Waals surface area contributed by atoms with E-state index in [4.69, 9.17) is 0 Å². The Morgan fingerprint density at radius 1 is 1.14 bits per heavy atom. The summed E-state index contributed by atoms with van der Waals surface area (Å²) in [5.74, 6) is 0.254. The minimum absolute atomic E-state index is 0.254. The normalized spacial score (nSPS) is 10.2. The van der Waals surface area contributed by atoms with Crippen molar-refractivity contribution in [2.45, 2.75) is 40.0 Å². The van der Waals surface area contributed by atoms with Crippen LogP contribution in [0, 0.1) is 0 Å². The van der Waals surface area contributed by atoms with Crippen LogP contribution in [-0.4, -0.2) is 5.78 Å². The quantitative estimate of drug-likeness (QED) is 0.665. The molecule has 76 valence electrons. The summed E-state index contributed by atoms with van der Waals surface area (Å²) < 4.78 is 0. The molecular weight excluding hydrogens is 172 g/mol. The summed E-state index contributed by atoms with van der Waals surface area (Å²) in [4.78, 5) is 11.6. The molecule has 0 aliphatic heterocycles. The van der Waals surface area contributed by atoms with Crippen LogP contribution in [-0.2, 0) is 12.8 Å². The van der Waals surface area contributed by atoms with Gasteiger partial charge in [-0.2, -0.15) is 0 Å². The van der Waals surface area contributed by atoms with Crippen LogP contribution in [0.25, 0.3) is 0 Å². The number of carbonyl (C=O) groups is 1. The molecular formula is C13H18O. The maximum Gasteiger partial charge on any atom is 0.162 e. The van der Waals surface area contributed by atoms with Gasteiger partial charge in [-0.1, -0.05) is 39.0 Å². The van der Waals surface area contributed by atoms with Gasteiger partial charge in [0.25, 0.3) is 0 Å². The van der Waals surface area contributed by atoms with Gasteiger partial charge in [0.15, 0.2) is 5.78 Å². The van der Waals surface area contributed by atoms with Crippen molar-refractivity contribution >= 4 is 5.78 Å². The Bertz CT molecular complexity index is 326. The average Bonchev–Trinajstić information content (AvgIpc) is 2.27. The first-order valence-electron chi connectivity index (χ1n) is 5.37. The molecule has 0 radical (unpaired) electrons. The van der Waals surface area contributed by atoms with Gasteiger partial charge >= 0.3 is 0 Å². The third kappa shape index (κ3) is 2.22. The standard InChI is InChI=1S/C13H18O/c1-4-10-7-8-12(13(14)6-3)11(5-2)9-10/h7-9H,4-6H2,1-3H3. The Morgan fingerprint density at radius 2 is 1.86 bits per heavy atom. The summed E-state index contributed by atoms with van der Waals surface area (Å²) in [5, 5.41) is 0. The molecule has 0 aliphatic carbocycles. The number of carbonyl (C=O) groups excluding carboxylic acids is 1. The summed E-state index contributed by atoms with van der Waals surface area (Å²) in [5.41, 5.74) is 3.41. The van der Waals surface area contributed by atoms with E-state index in [1.165, 1.54) is 11.1 Å². The molecule has 0 N–H and O–H groups in total. The van der Waals surface area contributed by atoms with E-state index in [9.17, 15) is 4.79 Å². The predicted molar refractivity (Wildman–Crippen MR) is 59.8 cm³/mol. The summed E-state index contributed by atoms with van der Waals surface area (Å²) in [7, 11) is 0. The second-order valence-electron chi connectivity index (χ2n) is 3.48. The van der Waals surface area contributed by atoms with Gasteiger partial charge in [0.05, 0.1) is 0 Å². The third-order valence-corrected chi connectivity index (χ3v) is 2.58. The fourth-order valence-electron chi connectivity index (χ4n) is 1.62. The van der Waals surface area contributed by atoms with E-state index < -0.39 is 0 Å². The molecule has 1 heteroatoms. The van der Waals surface area contributed by atoms with Crippen molar-refractivity contribution in [2.24, 2.45) is 0 Å². The summed E-state index contributed by atoms with van der Waals surface area (Å²) in [6.45, 7) is 6.15. The summed E-state index contributed by atoms with van der Waals surface area (Å²) in [6.07, 6.45) is 2.57. The van der Waals surface area contributed by atoms with Crippen molar-refractivity contribution in [1.29, 1.82) is 0 Å². The van der Waals surface area contributed by atoms with E-state index in [-0.39, 0.29) is 5.78 Å². The van der Waals surface area contributed by atoms with Gasteiger partial charge in [0, 0.05) is 12.0 Å². The Labute approximate surface area is 86.1 Å². The van der Waals surface area contributed by atoms with E-state index in [1.54, 1.807) is 0 Å². The lowest BCUT2D eigenvalue weighted by molar-refractivity contribution is 0.0987. The monoisotopic (exact) mass is 190 g/mol. The Morgan fingerprint density at radius 3 is 2.36 bits per heavy atom. The average molecular weight is 190 g/mol.